The summed E-state index contributed by atoms with van der Waals surface area (Å²) in [6.07, 6.45) is 3.65. The highest BCUT2D eigenvalue weighted by molar-refractivity contribution is 5.69. The fraction of sp³-hybridized carbons (Fsp3) is 0.538. The zero-order valence-corrected chi connectivity index (χ0v) is 10.2. The molecule has 0 radical (unpaired) electrons. The minimum Gasteiger partial charge on any atom is -0.382 e. The van der Waals surface area contributed by atoms with Crippen LogP contribution in [-0.2, 0) is 0 Å². The standard InChI is InChI=1S/C12H18N4.CH4/c1-7(2)9-10-11(13)14-5-6-16(10)12(15-9)8(3)4;/h5-8H,1-4H3,(H2,13,14);1H4. The molecule has 94 valence electrons. The second-order valence-electron chi connectivity index (χ2n) is 4.70. The van der Waals surface area contributed by atoms with Crippen LogP contribution in [0, 0.1) is 0 Å². The van der Waals surface area contributed by atoms with Crippen molar-refractivity contribution >= 4 is 11.3 Å². The minimum absolute atomic E-state index is 0. The predicted molar refractivity (Wildman–Crippen MR) is 72.3 cm³/mol. The molecule has 0 fully saturated rings. The smallest absolute Gasteiger partial charge is 0.149 e. The fourth-order valence-electron chi connectivity index (χ4n) is 1.92. The maximum absolute atomic E-state index is 5.94. The summed E-state index contributed by atoms with van der Waals surface area (Å²) in [6, 6.07) is 0. The zero-order chi connectivity index (χ0) is 11.9. The van der Waals surface area contributed by atoms with Gasteiger partial charge in [0.25, 0.3) is 0 Å². The number of imidazole rings is 1. The molecule has 0 saturated heterocycles. The SMILES string of the molecule is C.CC(C)c1nc(C(C)C)n2ccnc(N)c12. The van der Waals surface area contributed by atoms with E-state index in [1.165, 1.54) is 0 Å². The third-order valence-electron chi connectivity index (χ3n) is 2.70. The number of fused-ring (bicyclic) bond motifs is 1. The summed E-state index contributed by atoms with van der Waals surface area (Å²) in [5, 5.41) is 0. The van der Waals surface area contributed by atoms with Gasteiger partial charge in [-0.15, -0.1) is 0 Å². The number of aromatic nitrogens is 3. The normalized spacial score (nSPS) is 11.2. The molecule has 0 amide bonds. The van der Waals surface area contributed by atoms with Crippen LogP contribution in [0.5, 0.6) is 0 Å². The molecule has 0 bridgehead atoms. The first-order chi connectivity index (χ1) is 7.52. The molecule has 0 saturated carbocycles. The molecule has 0 aliphatic carbocycles. The van der Waals surface area contributed by atoms with E-state index in [0.717, 1.165) is 17.0 Å². The van der Waals surface area contributed by atoms with Crippen molar-refractivity contribution in [2.24, 2.45) is 0 Å². The highest BCUT2D eigenvalue weighted by Crippen LogP contribution is 2.27. The second-order valence-corrected chi connectivity index (χ2v) is 4.70. The number of nitrogen functional groups attached to an aromatic ring is 1. The second kappa shape index (κ2) is 4.73. The topological polar surface area (TPSA) is 56.2 Å². The van der Waals surface area contributed by atoms with Gasteiger partial charge in [-0.3, -0.25) is 4.40 Å². The van der Waals surface area contributed by atoms with E-state index in [1.807, 2.05) is 6.20 Å². The molecule has 0 aromatic carbocycles. The van der Waals surface area contributed by atoms with Crippen LogP contribution in [0.15, 0.2) is 12.4 Å². The number of rotatable bonds is 2. The Morgan fingerprint density at radius 1 is 1.18 bits per heavy atom. The Morgan fingerprint density at radius 3 is 2.35 bits per heavy atom. The van der Waals surface area contributed by atoms with Gasteiger partial charge in [-0.05, 0) is 5.92 Å². The van der Waals surface area contributed by atoms with E-state index < -0.39 is 0 Å². The summed E-state index contributed by atoms with van der Waals surface area (Å²) in [4.78, 5) is 8.83. The average molecular weight is 234 g/mol. The highest BCUT2D eigenvalue weighted by atomic mass is 15.1. The number of hydrogen-bond acceptors (Lipinski definition) is 3. The van der Waals surface area contributed by atoms with Gasteiger partial charge >= 0.3 is 0 Å². The van der Waals surface area contributed by atoms with E-state index in [9.17, 15) is 0 Å². The summed E-state index contributed by atoms with van der Waals surface area (Å²) in [5.74, 6) is 2.34. The monoisotopic (exact) mass is 234 g/mol. The Kier molecular flexibility index (Phi) is 3.76. The Labute approximate surface area is 103 Å². The van der Waals surface area contributed by atoms with Gasteiger partial charge < -0.3 is 5.73 Å². The Bertz CT molecular complexity index is 511. The lowest BCUT2D eigenvalue weighted by Crippen LogP contribution is -2.00. The minimum atomic E-state index is 0. The van der Waals surface area contributed by atoms with Crippen molar-refractivity contribution in [1.29, 1.82) is 0 Å². The van der Waals surface area contributed by atoms with Crippen molar-refractivity contribution in [3.05, 3.63) is 23.9 Å². The van der Waals surface area contributed by atoms with Crippen molar-refractivity contribution < 1.29 is 0 Å². The highest BCUT2D eigenvalue weighted by Gasteiger charge is 2.17. The largest absolute Gasteiger partial charge is 0.382 e. The van der Waals surface area contributed by atoms with Crippen LogP contribution in [0.4, 0.5) is 5.82 Å². The van der Waals surface area contributed by atoms with Gasteiger partial charge in [0, 0.05) is 18.3 Å². The third kappa shape index (κ3) is 2.12. The summed E-state index contributed by atoms with van der Waals surface area (Å²) in [6.45, 7) is 8.52. The molecule has 2 heterocycles. The van der Waals surface area contributed by atoms with Crippen molar-refractivity contribution in [3.63, 3.8) is 0 Å². The van der Waals surface area contributed by atoms with Gasteiger partial charge in [0.15, 0.2) is 0 Å². The number of hydrogen-bond donors (Lipinski definition) is 1. The quantitative estimate of drug-likeness (QED) is 0.868. The predicted octanol–water partition coefficient (Wildman–Crippen LogP) is 3.19. The summed E-state index contributed by atoms with van der Waals surface area (Å²) < 4.78 is 2.06. The Morgan fingerprint density at radius 2 is 1.82 bits per heavy atom. The van der Waals surface area contributed by atoms with Gasteiger partial charge in [-0.2, -0.15) is 0 Å². The molecule has 2 aromatic heterocycles. The fourth-order valence-corrected chi connectivity index (χ4v) is 1.92. The number of nitrogens with zero attached hydrogens (tertiary/aromatic N) is 3. The van der Waals surface area contributed by atoms with Crippen molar-refractivity contribution in [1.82, 2.24) is 14.4 Å². The van der Waals surface area contributed by atoms with E-state index in [4.69, 9.17) is 10.7 Å². The van der Waals surface area contributed by atoms with Crippen LogP contribution < -0.4 is 5.73 Å². The molecule has 2 aromatic rings. The first kappa shape index (κ1) is 13.5. The van der Waals surface area contributed by atoms with E-state index in [2.05, 4.69) is 37.1 Å². The van der Waals surface area contributed by atoms with E-state index in [1.54, 1.807) is 6.20 Å². The van der Waals surface area contributed by atoms with E-state index in [-0.39, 0.29) is 7.43 Å². The van der Waals surface area contributed by atoms with Crippen LogP contribution in [0.3, 0.4) is 0 Å². The van der Waals surface area contributed by atoms with Crippen LogP contribution >= 0.6 is 0 Å². The summed E-state index contributed by atoms with van der Waals surface area (Å²) in [7, 11) is 0. The molecule has 0 atom stereocenters. The van der Waals surface area contributed by atoms with Crippen molar-refractivity contribution in [2.45, 2.75) is 47.0 Å². The lowest BCUT2D eigenvalue weighted by molar-refractivity contribution is 0.754. The van der Waals surface area contributed by atoms with Crippen molar-refractivity contribution in [2.75, 3.05) is 5.73 Å². The summed E-state index contributed by atoms with van der Waals surface area (Å²) in [5.41, 5.74) is 7.93. The van der Waals surface area contributed by atoms with Gasteiger partial charge in [0.05, 0.1) is 5.69 Å². The summed E-state index contributed by atoms with van der Waals surface area (Å²) >= 11 is 0. The van der Waals surface area contributed by atoms with E-state index in [0.29, 0.717) is 17.7 Å². The van der Waals surface area contributed by atoms with Crippen LogP contribution in [0.25, 0.3) is 5.52 Å². The lowest BCUT2D eigenvalue weighted by Gasteiger charge is -2.04. The first-order valence-electron chi connectivity index (χ1n) is 5.64. The maximum Gasteiger partial charge on any atom is 0.149 e. The van der Waals surface area contributed by atoms with Gasteiger partial charge in [0.1, 0.15) is 17.2 Å². The van der Waals surface area contributed by atoms with Gasteiger partial charge in [0.2, 0.25) is 0 Å². The van der Waals surface area contributed by atoms with Gasteiger partial charge in [-0.1, -0.05) is 35.1 Å². The molecule has 4 nitrogen and oxygen atoms in total. The number of nitrogens with two attached hydrogens (primary N) is 1. The zero-order valence-electron chi connectivity index (χ0n) is 10.2. The maximum atomic E-state index is 5.94. The lowest BCUT2D eigenvalue weighted by atomic mass is 10.1. The Hall–Kier alpha value is -1.58. The molecule has 0 spiro atoms. The molecule has 17 heavy (non-hydrogen) atoms. The molecular formula is C13H22N4. The van der Waals surface area contributed by atoms with Crippen LogP contribution in [0.2, 0.25) is 0 Å². The molecule has 0 aliphatic rings. The van der Waals surface area contributed by atoms with E-state index >= 15 is 0 Å². The first-order valence-corrected chi connectivity index (χ1v) is 5.64. The van der Waals surface area contributed by atoms with Crippen molar-refractivity contribution in [3.8, 4) is 0 Å². The third-order valence-corrected chi connectivity index (χ3v) is 2.70. The molecule has 0 aliphatic heterocycles. The Balaban J connectivity index is 0.00000144. The molecular weight excluding hydrogens is 212 g/mol. The average Bonchev–Trinajstić information content (AvgIpc) is 2.58. The molecule has 2 N–H and O–H groups in total. The number of anilines is 1. The van der Waals surface area contributed by atoms with Crippen LogP contribution in [-0.4, -0.2) is 14.4 Å². The molecule has 4 heteroatoms. The molecule has 0 unspecified atom stereocenters. The molecule has 2 rings (SSSR count). The van der Waals surface area contributed by atoms with Crippen LogP contribution in [0.1, 0.15) is 58.5 Å². The van der Waals surface area contributed by atoms with Gasteiger partial charge in [-0.25, -0.2) is 9.97 Å².